The Morgan fingerprint density at radius 2 is 0.735 bits per heavy atom. The minimum Gasteiger partial charge on any atom is -0.481 e. The Balaban J connectivity index is -0.0000000507. The molecule has 12 nitrogen and oxygen atoms in total. The van der Waals surface area contributed by atoms with Crippen LogP contribution < -0.4 is 0 Å². The minimum absolute atomic E-state index is 0.486. The van der Waals surface area contributed by atoms with Crippen molar-refractivity contribution < 1.29 is 59.9 Å². The number of methoxy groups -OCH3 is 1. The fraction of sp³-hybridized carbons (Fsp3) is 0.909. The summed E-state index contributed by atoms with van der Waals surface area (Å²) >= 11 is 0. The summed E-state index contributed by atoms with van der Waals surface area (Å²) in [5, 5.41) is 63.5. The van der Waals surface area contributed by atoms with Crippen molar-refractivity contribution in [2.75, 3.05) is 27.4 Å². The number of aliphatic hydroxyl groups is 6. The van der Waals surface area contributed by atoms with Gasteiger partial charge in [-0.25, -0.2) is 0 Å². The molecule has 0 atom stereocenters. The van der Waals surface area contributed by atoms with E-state index < -0.39 is 30.8 Å². The van der Waals surface area contributed by atoms with E-state index in [-0.39, 0.29) is 0 Å². The van der Waals surface area contributed by atoms with Crippen molar-refractivity contribution in [1.82, 2.24) is 0 Å². The van der Waals surface area contributed by atoms with Gasteiger partial charge in [0.25, 0.3) is 11.9 Å². The predicted molar refractivity (Wildman–Crippen MR) is 131 cm³/mol. The average Bonchev–Trinajstić information content (AvgIpc) is 2.63. The van der Waals surface area contributed by atoms with Crippen LogP contribution in [0.15, 0.2) is 0 Å². The van der Waals surface area contributed by atoms with Gasteiger partial charge in [0.2, 0.25) is 0 Å². The van der Waals surface area contributed by atoms with Crippen LogP contribution in [0.3, 0.4) is 0 Å². The Morgan fingerprint density at radius 1 is 0.588 bits per heavy atom. The van der Waals surface area contributed by atoms with Gasteiger partial charge in [-0.3, -0.25) is 9.59 Å². The van der Waals surface area contributed by atoms with Crippen molar-refractivity contribution in [1.29, 1.82) is 0 Å². The van der Waals surface area contributed by atoms with E-state index >= 15 is 0 Å². The summed E-state index contributed by atoms with van der Waals surface area (Å²) in [7, 11) is 3.25. The molecule has 0 heterocycles. The van der Waals surface area contributed by atoms with Crippen LogP contribution in [0.25, 0.3) is 0 Å². The summed E-state index contributed by atoms with van der Waals surface area (Å²) in [6.45, 7) is 13.5. The number of hydrogen-bond donors (Lipinski definition) is 8. The van der Waals surface area contributed by atoms with E-state index in [0.29, 0.717) is 19.3 Å². The predicted octanol–water partition coefficient (Wildman–Crippen LogP) is 1.78. The third-order valence-electron chi connectivity index (χ3n) is 2.05. The Kier molecular flexibility index (Phi) is 77.7. The lowest BCUT2D eigenvalue weighted by Gasteiger charge is -1.94. The minimum atomic E-state index is -1.10. The van der Waals surface area contributed by atoms with E-state index in [1.807, 2.05) is 34.6 Å². The molecule has 0 radical (unpaired) electrons. The molecule has 0 aromatic heterocycles. The van der Waals surface area contributed by atoms with Gasteiger partial charge in [-0.05, 0) is 33.1 Å². The van der Waals surface area contributed by atoms with Gasteiger partial charge >= 0.3 is 0 Å². The molecule has 0 saturated carbocycles. The van der Waals surface area contributed by atoms with E-state index in [0.717, 1.165) is 46.3 Å². The van der Waals surface area contributed by atoms with Gasteiger partial charge in [-0.1, -0.05) is 40.0 Å². The molecule has 0 rings (SSSR count). The smallest absolute Gasteiger partial charge is 0.300 e. The van der Waals surface area contributed by atoms with E-state index in [1.165, 1.54) is 0 Å². The maximum Gasteiger partial charge on any atom is 0.300 e. The molecule has 0 aromatic rings. The van der Waals surface area contributed by atoms with Crippen molar-refractivity contribution in [3.05, 3.63) is 0 Å². The fourth-order valence-corrected chi connectivity index (χ4v) is 0.979. The Labute approximate surface area is 205 Å². The summed E-state index contributed by atoms with van der Waals surface area (Å²) in [6.07, 6.45) is 0.646. The standard InChI is InChI=1S/3C4H10O2.C4H10O.2C2H4O2.C2H6O/c3*1-2-3-4(5)6;1-3-5-4-2;2*1-2(3)4;1-3-2/h3*4-6H,2-3H2,1H3;3-4H2,1-2H3;2*1H3,(H,3,4);1-2H3. The molecule has 0 saturated heterocycles. The third kappa shape index (κ3) is 290. The topological polar surface area (TPSA) is 214 Å². The highest BCUT2D eigenvalue weighted by atomic mass is 16.5. The normalized spacial score (nSPS) is 8.53. The number of carboxylic acid groups (broad SMARTS) is 2. The maximum atomic E-state index is 9.00. The van der Waals surface area contributed by atoms with Crippen LogP contribution in [0, 0.1) is 0 Å². The second kappa shape index (κ2) is 53.1. The second-order valence-corrected chi connectivity index (χ2v) is 6.04. The van der Waals surface area contributed by atoms with Gasteiger partial charge in [0.05, 0.1) is 0 Å². The summed E-state index contributed by atoms with van der Waals surface area (Å²) in [6, 6.07) is 0. The number of carboxylic acids is 2. The molecule has 12 heteroatoms. The molecule has 0 aliphatic heterocycles. The Bertz CT molecular complexity index is 279. The lowest BCUT2D eigenvalue weighted by molar-refractivity contribution is -0.135. The third-order valence-corrected chi connectivity index (χ3v) is 2.05. The van der Waals surface area contributed by atoms with Crippen molar-refractivity contribution in [2.45, 2.75) is 106 Å². The van der Waals surface area contributed by atoms with Crippen molar-refractivity contribution in [3.63, 3.8) is 0 Å². The van der Waals surface area contributed by atoms with Crippen LogP contribution in [0.2, 0.25) is 0 Å². The molecule has 0 amide bonds. The zero-order valence-corrected chi connectivity index (χ0v) is 22.6. The molecular formula is C22H54O12. The van der Waals surface area contributed by atoms with Crippen LogP contribution in [0.1, 0.15) is 87.0 Å². The zero-order chi connectivity index (χ0) is 29.0. The number of carbonyl (C=O) groups is 2. The summed E-state index contributed by atoms with van der Waals surface area (Å²) in [4.78, 5) is 18.0. The molecule has 8 N–H and O–H groups in total. The van der Waals surface area contributed by atoms with E-state index in [4.69, 9.17) is 55.2 Å². The van der Waals surface area contributed by atoms with Gasteiger partial charge in [0.15, 0.2) is 18.9 Å². The molecule has 0 unspecified atom stereocenters. The van der Waals surface area contributed by atoms with Gasteiger partial charge in [0.1, 0.15) is 0 Å². The molecule has 0 spiro atoms. The first kappa shape index (κ1) is 49.7. The maximum absolute atomic E-state index is 9.00. The Morgan fingerprint density at radius 3 is 0.735 bits per heavy atom. The van der Waals surface area contributed by atoms with Gasteiger partial charge in [0, 0.05) is 41.3 Å². The van der Waals surface area contributed by atoms with Gasteiger partial charge in [-0.15, -0.1) is 0 Å². The van der Waals surface area contributed by atoms with Crippen LogP contribution in [0.5, 0.6) is 0 Å². The van der Waals surface area contributed by atoms with Crippen LogP contribution in [-0.2, 0) is 19.1 Å². The molecule has 0 aromatic carbocycles. The lowest BCUT2D eigenvalue weighted by Crippen LogP contribution is -2.01. The number of aliphatic hydroxyl groups excluding tert-OH is 3. The van der Waals surface area contributed by atoms with Gasteiger partial charge < -0.3 is 50.3 Å². The summed E-state index contributed by atoms with van der Waals surface area (Å²) in [5.41, 5.74) is 0. The first-order chi connectivity index (χ1) is 15.6. The molecule has 0 bridgehead atoms. The highest BCUT2D eigenvalue weighted by Gasteiger charge is 1.90. The monoisotopic (exact) mass is 510 g/mol. The lowest BCUT2D eigenvalue weighted by atomic mass is 10.3. The zero-order valence-electron chi connectivity index (χ0n) is 22.6. The summed E-state index contributed by atoms with van der Waals surface area (Å²) < 4.78 is 9.08. The fourth-order valence-electron chi connectivity index (χ4n) is 0.979. The number of aliphatic carboxylic acids is 2. The molecule has 0 fully saturated rings. The summed E-state index contributed by atoms with van der Waals surface area (Å²) in [5.74, 6) is -1.67. The van der Waals surface area contributed by atoms with E-state index in [1.54, 1.807) is 14.2 Å². The molecule has 0 aliphatic rings. The first-order valence-corrected chi connectivity index (χ1v) is 11.1. The molecule has 34 heavy (non-hydrogen) atoms. The quantitative estimate of drug-likeness (QED) is 0.219. The van der Waals surface area contributed by atoms with Crippen LogP contribution in [-0.4, -0.2) is 99.1 Å². The van der Waals surface area contributed by atoms with Crippen molar-refractivity contribution in [2.24, 2.45) is 0 Å². The highest BCUT2D eigenvalue weighted by Crippen LogP contribution is 1.89. The molecular weight excluding hydrogens is 456 g/mol. The molecule has 0 aliphatic carbocycles. The van der Waals surface area contributed by atoms with Crippen LogP contribution >= 0.6 is 0 Å². The number of ether oxygens (including phenoxy) is 2. The van der Waals surface area contributed by atoms with Gasteiger partial charge in [-0.2, -0.15) is 0 Å². The van der Waals surface area contributed by atoms with Crippen molar-refractivity contribution in [3.8, 4) is 0 Å². The largest absolute Gasteiger partial charge is 0.481 e. The number of hydrogen-bond acceptors (Lipinski definition) is 10. The Hall–Kier alpha value is -1.38. The highest BCUT2D eigenvalue weighted by molar-refractivity contribution is 5.63. The van der Waals surface area contributed by atoms with E-state index in [9.17, 15) is 0 Å². The van der Waals surface area contributed by atoms with E-state index in [2.05, 4.69) is 4.74 Å². The first-order valence-electron chi connectivity index (χ1n) is 11.1. The molecule has 214 valence electrons. The second-order valence-electron chi connectivity index (χ2n) is 6.04. The SMILES string of the molecule is CC(=O)O.CC(=O)O.CCCC(O)O.CCCC(O)O.CCCC(O)O.CCOCC.COC. The number of rotatable bonds is 8. The van der Waals surface area contributed by atoms with Crippen LogP contribution in [0.4, 0.5) is 0 Å². The van der Waals surface area contributed by atoms with Crippen molar-refractivity contribution >= 4 is 11.9 Å². The average molecular weight is 511 g/mol.